The van der Waals surface area contributed by atoms with Crippen LogP contribution in [-0.2, 0) is 4.74 Å². The van der Waals surface area contributed by atoms with Crippen molar-refractivity contribution >= 4 is 0 Å². The molecule has 2 heteroatoms. The average Bonchev–Trinajstić information content (AvgIpc) is 2.56. The molecule has 1 rings (SSSR count). The number of rotatable bonds is 5. The van der Waals surface area contributed by atoms with Gasteiger partial charge in [-0.25, -0.2) is 0 Å². The average molecular weight is 171 g/mol. The Bertz CT molecular complexity index is 110. The van der Waals surface area contributed by atoms with E-state index in [1.807, 2.05) is 7.05 Å². The Morgan fingerprint density at radius 1 is 1.42 bits per heavy atom. The summed E-state index contributed by atoms with van der Waals surface area (Å²) in [5.74, 6) is 0. The molecular formula is C10H21NO. The van der Waals surface area contributed by atoms with Crippen molar-refractivity contribution in [2.45, 2.75) is 51.2 Å². The highest BCUT2D eigenvalue weighted by Crippen LogP contribution is 2.22. The van der Waals surface area contributed by atoms with E-state index in [0.29, 0.717) is 12.2 Å². The lowest BCUT2D eigenvalue weighted by Crippen LogP contribution is -2.29. The second-order valence-electron chi connectivity index (χ2n) is 3.63. The van der Waals surface area contributed by atoms with Crippen LogP contribution in [0.3, 0.4) is 0 Å². The molecule has 0 aromatic rings. The third kappa shape index (κ3) is 3.11. The smallest absolute Gasteiger partial charge is 0.0700 e. The second kappa shape index (κ2) is 5.55. The zero-order valence-corrected chi connectivity index (χ0v) is 8.31. The Hall–Kier alpha value is -0.0800. The van der Waals surface area contributed by atoms with E-state index in [1.54, 1.807) is 0 Å². The lowest BCUT2D eigenvalue weighted by molar-refractivity contribution is -0.00791. The van der Waals surface area contributed by atoms with E-state index in [1.165, 1.54) is 25.7 Å². The Kier molecular flexibility index (Phi) is 4.62. The Morgan fingerprint density at radius 3 is 2.58 bits per heavy atom. The van der Waals surface area contributed by atoms with Crippen molar-refractivity contribution in [3.8, 4) is 0 Å². The van der Waals surface area contributed by atoms with E-state index in [-0.39, 0.29) is 0 Å². The molecule has 1 aliphatic carbocycles. The van der Waals surface area contributed by atoms with E-state index >= 15 is 0 Å². The van der Waals surface area contributed by atoms with Gasteiger partial charge < -0.3 is 10.1 Å². The molecule has 1 atom stereocenters. The summed E-state index contributed by atoms with van der Waals surface area (Å²) >= 11 is 0. The normalized spacial score (nSPS) is 21.5. The minimum Gasteiger partial charge on any atom is -0.374 e. The van der Waals surface area contributed by atoms with Crippen LogP contribution < -0.4 is 5.32 Å². The Labute approximate surface area is 75.7 Å². The van der Waals surface area contributed by atoms with Crippen LogP contribution in [0.4, 0.5) is 0 Å². The highest BCUT2D eigenvalue weighted by atomic mass is 16.5. The monoisotopic (exact) mass is 171 g/mol. The fourth-order valence-electron chi connectivity index (χ4n) is 1.81. The van der Waals surface area contributed by atoms with Crippen LogP contribution >= 0.6 is 0 Å². The number of likely N-dealkylation sites (N-methyl/N-ethyl adjacent to an activating group) is 1. The molecule has 0 spiro atoms. The van der Waals surface area contributed by atoms with Crippen LogP contribution in [0.1, 0.15) is 39.0 Å². The van der Waals surface area contributed by atoms with Crippen LogP contribution in [0.25, 0.3) is 0 Å². The van der Waals surface area contributed by atoms with E-state index in [4.69, 9.17) is 4.74 Å². The lowest BCUT2D eigenvalue weighted by Gasteiger charge is -2.20. The summed E-state index contributed by atoms with van der Waals surface area (Å²) in [7, 11) is 1.99. The van der Waals surface area contributed by atoms with Crippen molar-refractivity contribution in [1.82, 2.24) is 5.32 Å². The van der Waals surface area contributed by atoms with Gasteiger partial charge in [-0.15, -0.1) is 0 Å². The molecule has 0 aliphatic heterocycles. The van der Waals surface area contributed by atoms with Gasteiger partial charge in [0.25, 0.3) is 0 Å². The summed E-state index contributed by atoms with van der Waals surface area (Å²) in [6, 6.07) is 0. The van der Waals surface area contributed by atoms with Crippen molar-refractivity contribution in [1.29, 1.82) is 0 Å². The molecule has 1 fully saturated rings. The van der Waals surface area contributed by atoms with Gasteiger partial charge in [0.2, 0.25) is 0 Å². The van der Waals surface area contributed by atoms with Crippen LogP contribution in [-0.4, -0.2) is 25.8 Å². The molecule has 0 aromatic carbocycles. The predicted molar refractivity (Wildman–Crippen MR) is 51.3 cm³/mol. The lowest BCUT2D eigenvalue weighted by atomic mass is 10.2. The van der Waals surface area contributed by atoms with E-state index < -0.39 is 0 Å². The summed E-state index contributed by atoms with van der Waals surface area (Å²) < 4.78 is 5.94. The van der Waals surface area contributed by atoms with Crippen molar-refractivity contribution in [3.63, 3.8) is 0 Å². The molecule has 2 nitrogen and oxygen atoms in total. The minimum atomic E-state index is 0.429. The molecule has 12 heavy (non-hydrogen) atoms. The SMILES string of the molecule is CCC(CNC)OC1CCCC1. The molecule has 1 unspecified atom stereocenters. The van der Waals surface area contributed by atoms with Gasteiger partial charge in [-0.05, 0) is 26.3 Å². The third-order valence-corrected chi connectivity index (χ3v) is 2.57. The van der Waals surface area contributed by atoms with Crippen LogP contribution in [0, 0.1) is 0 Å². The molecule has 0 amide bonds. The zero-order chi connectivity index (χ0) is 8.81. The van der Waals surface area contributed by atoms with Crippen LogP contribution in [0.5, 0.6) is 0 Å². The number of ether oxygens (including phenoxy) is 1. The second-order valence-corrected chi connectivity index (χ2v) is 3.63. The molecule has 1 N–H and O–H groups in total. The summed E-state index contributed by atoms with van der Waals surface area (Å²) in [6.07, 6.45) is 7.39. The molecule has 0 aromatic heterocycles. The summed E-state index contributed by atoms with van der Waals surface area (Å²) in [5, 5.41) is 3.17. The summed E-state index contributed by atoms with van der Waals surface area (Å²) in [4.78, 5) is 0. The largest absolute Gasteiger partial charge is 0.374 e. The maximum absolute atomic E-state index is 5.94. The Morgan fingerprint density at radius 2 is 2.08 bits per heavy atom. The molecule has 72 valence electrons. The van der Waals surface area contributed by atoms with E-state index in [0.717, 1.165) is 13.0 Å². The maximum atomic E-state index is 5.94. The van der Waals surface area contributed by atoms with Gasteiger partial charge >= 0.3 is 0 Å². The number of nitrogens with one attached hydrogen (secondary N) is 1. The third-order valence-electron chi connectivity index (χ3n) is 2.57. The topological polar surface area (TPSA) is 21.3 Å². The fraction of sp³-hybridized carbons (Fsp3) is 1.00. The van der Waals surface area contributed by atoms with Gasteiger partial charge in [-0.3, -0.25) is 0 Å². The molecule has 0 saturated heterocycles. The first-order valence-electron chi connectivity index (χ1n) is 5.17. The van der Waals surface area contributed by atoms with E-state index in [2.05, 4.69) is 12.2 Å². The number of hydrogen-bond donors (Lipinski definition) is 1. The van der Waals surface area contributed by atoms with Gasteiger partial charge in [0, 0.05) is 6.54 Å². The van der Waals surface area contributed by atoms with Gasteiger partial charge in [-0.2, -0.15) is 0 Å². The Balaban J connectivity index is 2.16. The maximum Gasteiger partial charge on any atom is 0.0700 e. The van der Waals surface area contributed by atoms with Crippen LogP contribution in [0.2, 0.25) is 0 Å². The zero-order valence-electron chi connectivity index (χ0n) is 8.31. The first-order valence-corrected chi connectivity index (χ1v) is 5.17. The molecule has 0 radical (unpaired) electrons. The standard InChI is InChI=1S/C10H21NO/c1-3-9(8-11-2)12-10-6-4-5-7-10/h9-11H,3-8H2,1-2H3. The van der Waals surface area contributed by atoms with Crippen molar-refractivity contribution < 1.29 is 4.74 Å². The van der Waals surface area contributed by atoms with Gasteiger partial charge in [0.05, 0.1) is 12.2 Å². The van der Waals surface area contributed by atoms with Gasteiger partial charge in [0.15, 0.2) is 0 Å². The van der Waals surface area contributed by atoms with Crippen molar-refractivity contribution in [2.75, 3.05) is 13.6 Å². The first-order chi connectivity index (χ1) is 5.86. The van der Waals surface area contributed by atoms with Gasteiger partial charge in [-0.1, -0.05) is 19.8 Å². The molecule has 1 aliphatic rings. The highest BCUT2D eigenvalue weighted by molar-refractivity contribution is 4.70. The highest BCUT2D eigenvalue weighted by Gasteiger charge is 2.18. The molecular weight excluding hydrogens is 150 g/mol. The number of hydrogen-bond acceptors (Lipinski definition) is 2. The van der Waals surface area contributed by atoms with Gasteiger partial charge in [0.1, 0.15) is 0 Å². The quantitative estimate of drug-likeness (QED) is 0.682. The van der Waals surface area contributed by atoms with Crippen molar-refractivity contribution in [3.05, 3.63) is 0 Å². The summed E-state index contributed by atoms with van der Waals surface area (Å²) in [6.45, 7) is 3.18. The van der Waals surface area contributed by atoms with Crippen molar-refractivity contribution in [2.24, 2.45) is 0 Å². The minimum absolute atomic E-state index is 0.429. The predicted octanol–water partition coefficient (Wildman–Crippen LogP) is 1.94. The first kappa shape index (κ1) is 10.0. The molecule has 0 bridgehead atoms. The summed E-state index contributed by atoms with van der Waals surface area (Å²) in [5.41, 5.74) is 0. The van der Waals surface area contributed by atoms with Crippen LogP contribution in [0.15, 0.2) is 0 Å². The molecule has 1 saturated carbocycles. The molecule has 0 heterocycles. The fourth-order valence-corrected chi connectivity index (χ4v) is 1.81. The van der Waals surface area contributed by atoms with E-state index in [9.17, 15) is 0 Å².